The summed E-state index contributed by atoms with van der Waals surface area (Å²) in [6.45, 7) is 7.50. The van der Waals surface area contributed by atoms with Crippen molar-refractivity contribution >= 4 is 17.0 Å². The molecule has 0 amide bonds. The Bertz CT molecular complexity index is 571. The van der Waals surface area contributed by atoms with Gasteiger partial charge in [-0.1, -0.05) is 6.92 Å². The predicted octanol–water partition coefficient (Wildman–Crippen LogP) is 1.81. The highest BCUT2D eigenvalue weighted by Crippen LogP contribution is 2.21. The van der Waals surface area contributed by atoms with Crippen LogP contribution in [0.3, 0.4) is 0 Å². The Balaban J connectivity index is 2.15. The minimum absolute atomic E-state index is 0.114. The number of nitrogens with one attached hydrogen (secondary N) is 1. The molecule has 2 heterocycles. The van der Waals surface area contributed by atoms with Crippen molar-refractivity contribution in [2.75, 3.05) is 25.1 Å². The second-order valence-electron chi connectivity index (χ2n) is 5.10. The van der Waals surface area contributed by atoms with Crippen LogP contribution in [0.15, 0.2) is 12.7 Å². The van der Waals surface area contributed by atoms with Gasteiger partial charge in [-0.2, -0.15) is 0 Å². The maximum absolute atomic E-state index is 9.04. The minimum Gasteiger partial charge on any atom is -0.396 e. The molecule has 0 aliphatic rings. The van der Waals surface area contributed by atoms with Gasteiger partial charge in [0.15, 0.2) is 17.0 Å². The second-order valence-corrected chi connectivity index (χ2v) is 5.10. The first-order valence-corrected chi connectivity index (χ1v) is 7.31. The Morgan fingerprint density at radius 1 is 1.33 bits per heavy atom. The maximum atomic E-state index is 9.04. The number of nitrogens with zero attached hydrogens (tertiary/aromatic N) is 4. The number of ether oxygens (including phenoxy) is 1. The molecular weight excluding hydrogens is 270 g/mol. The molecule has 0 bridgehead atoms. The van der Waals surface area contributed by atoms with E-state index in [1.807, 2.05) is 25.3 Å². The molecular formula is C14H23N5O2. The highest BCUT2D eigenvalue weighted by molar-refractivity contribution is 5.82. The lowest BCUT2D eigenvalue weighted by atomic mass is 10.1. The van der Waals surface area contributed by atoms with E-state index in [1.165, 1.54) is 6.33 Å². The molecule has 7 nitrogen and oxygen atoms in total. The number of fused-ring (bicyclic) bond motifs is 1. The Labute approximate surface area is 124 Å². The summed E-state index contributed by atoms with van der Waals surface area (Å²) in [6, 6.07) is 0. The predicted molar refractivity (Wildman–Crippen MR) is 81.0 cm³/mol. The lowest BCUT2D eigenvalue weighted by molar-refractivity contribution is 0.0272. The van der Waals surface area contributed by atoms with Crippen LogP contribution >= 0.6 is 0 Å². The third-order valence-electron chi connectivity index (χ3n) is 3.40. The summed E-state index contributed by atoms with van der Waals surface area (Å²) in [7, 11) is 0. The van der Waals surface area contributed by atoms with E-state index < -0.39 is 0 Å². The van der Waals surface area contributed by atoms with E-state index in [9.17, 15) is 0 Å². The molecule has 0 aliphatic carbocycles. The van der Waals surface area contributed by atoms with Crippen molar-refractivity contribution in [2.45, 2.75) is 33.4 Å². The zero-order valence-corrected chi connectivity index (χ0v) is 12.8. The van der Waals surface area contributed by atoms with Gasteiger partial charge in [-0.25, -0.2) is 15.0 Å². The average Bonchev–Trinajstić information content (AvgIpc) is 2.92. The summed E-state index contributed by atoms with van der Waals surface area (Å²) in [5.41, 5.74) is 1.49. The van der Waals surface area contributed by atoms with E-state index in [0.717, 1.165) is 24.1 Å². The second kappa shape index (κ2) is 7.33. The van der Waals surface area contributed by atoms with Crippen molar-refractivity contribution < 1.29 is 9.84 Å². The summed E-state index contributed by atoms with van der Waals surface area (Å²) < 4.78 is 7.47. The van der Waals surface area contributed by atoms with E-state index >= 15 is 0 Å². The monoisotopic (exact) mass is 293 g/mol. The normalized spacial score (nSPS) is 14.3. The molecule has 7 heteroatoms. The Morgan fingerprint density at radius 2 is 2.14 bits per heavy atom. The molecule has 0 fully saturated rings. The Kier molecular flexibility index (Phi) is 5.46. The van der Waals surface area contributed by atoms with Gasteiger partial charge in [0.1, 0.15) is 12.6 Å². The fourth-order valence-corrected chi connectivity index (χ4v) is 2.10. The first kappa shape index (κ1) is 15.7. The van der Waals surface area contributed by atoms with Gasteiger partial charge in [0.2, 0.25) is 0 Å². The summed E-state index contributed by atoms with van der Waals surface area (Å²) >= 11 is 0. The topological polar surface area (TPSA) is 85.1 Å². The summed E-state index contributed by atoms with van der Waals surface area (Å²) in [5, 5.41) is 12.3. The van der Waals surface area contributed by atoms with Crippen molar-refractivity contribution in [1.82, 2.24) is 19.5 Å². The van der Waals surface area contributed by atoms with Crippen LogP contribution in [0.4, 0.5) is 5.82 Å². The lowest BCUT2D eigenvalue weighted by Crippen LogP contribution is -2.11. The van der Waals surface area contributed by atoms with Gasteiger partial charge in [0.05, 0.1) is 6.33 Å². The average molecular weight is 293 g/mol. The first-order valence-electron chi connectivity index (χ1n) is 7.31. The van der Waals surface area contributed by atoms with Gasteiger partial charge < -0.3 is 15.2 Å². The number of aromatic nitrogens is 4. The standard InChI is InChI=1S/C14H23N5O2/c1-4-21-11(3)19-9-18-12-13(16-8-17-14(12)19)15-6-5-10(2)7-20/h8-11,20H,4-7H2,1-3H3,(H,15,16,17). The lowest BCUT2D eigenvalue weighted by Gasteiger charge is -2.13. The molecule has 0 spiro atoms. The van der Waals surface area contributed by atoms with E-state index in [4.69, 9.17) is 9.84 Å². The molecule has 2 aromatic rings. The molecule has 0 saturated carbocycles. The largest absolute Gasteiger partial charge is 0.396 e. The summed E-state index contributed by atoms with van der Waals surface area (Å²) in [6.07, 6.45) is 4.01. The van der Waals surface area contributed by atoms with Crippen molar-refractivity contribution in [1.29, 1.82) is 0 Å². The van der Waals surface area contributed by atoms with Crippen LogP contribution in [0.5, 0.6) is 0 Å². The van der Waals surface area contributed by atoms with Crippen LogP contribution in [0, 0.1) is 5.92 Å². The SMILES string of the molecule is CCOC(C)n1cnc2c(NCCC(C)CO)ncnc21. The number of aliphatic hydroxyl groups is 1. The van der Waals surface area contributed by atoms with Crippen LogP contribution < -0.4 is 5.32 Å². The first-order chi connectivity index (χ1) is 10.2. The van der Waals surface area contributed by atoms with Crippen molar-refractivity contribution in [3.8, 4) is 0 Å². The number of rotatable bonds is 8. The number of hydrogen-bond donors (Lipinski definition) is 2. The van der Waals surface area contributed by atoms with Crippen LogP contribution in [0.1, 0.15) is 33.4 Å². The molecule has 2 rings (SSSR count). The van der Waals surface area contributed by atoms with E-state index in [2.05, 4.69) is 20.3 Å². The van der Waals surface area contributed by atoms with E-state index in [1.54, 1.807) is 6.33 Å². The maximum Gasteiger partial charge on any atom is 0.167 e. The molecule has 2 N–H and O–H groups in total. The smallest absolute Gasteiger partial charge is 0.167 e. The van der Waals surface area contributed by atoms with Gasteiger partial charge in [0, 0.05) is 19.8 Å². The Morgan fingerprint density at radius 3 is 2.86 bits per heavy atom. The van der Waals surface area contributed by atoms with Crippen LogP contribution in [0.2, 0.25) is 0 Å². The molecule has 21 heavy (non-hydrogen) atoms. The van der Waals surface area contributed by atoms with Gasteiger partial charge in [0.25, 0.3) is 0 Å². The fourth-order valence-electron chi connectivity index (χ4n) is 2.10. The molecule has 0 radical (unpaired) electrons. The third-order valence-corrected chi connectivity index (χ3v) is 3.40. The van der Waals surface area contributed by atoms with Crippen LogP contribution in [-0.4, -0.2) is 44.4 Å². The molecule has 2 atom stereocenters. The van der Waals surface area contributed by atoms with Crippen molar-refractivity contribution in [2.24, 2.45) is 5.92 Å². The third kappa shape index (κ3) is 3.68. The minimum atomic E-state index is -0.114. The molecule has 0 aliphatic heterocycles. The molecule has 2 unspecified atom stereocenters. The van der Waals surface area contributed by atoms with Crippen LogP contribution in [0.25, 0.3) is 11.2 Å². The van der Waals surface area contributed by atoms with Crippen molar-refractivity contribution in [3.05, 3.63) is 12.7 Å². The van der Waals surface area contributed by atoms with Gasteiger partial charge in [-0.3, -0.25) is 4.57 Å². The molecule has 0 aromatic carbocycles. The van der Waals surface area contributed by atoms with E-state index in [0.29, 0.717) is 12.4 Å². The molecule has 116 valence electrons. The highest BCUT2D eigenvalue weighted by atomic mass is 16.5. The number of imidazole rings is 1. The molecule has 0 saturated heterocycles. The Hall–Kier alpha value is -1.73. The van der Waals surface area contributed by atoms with Gasteiger partial charge >= 0.3 is 0 Å². The summed E-state index contributed by atoms with van der Waals surface area (Å²) in [5.74, 6) is 0.984. The van der Waals surface area contributed by atoms with Crippen LogP contribution in [-0.2, 0) is 4.74 Å². The highest BCUT2D eigenvalue weighted by Gasteiger charge is 2.13. The quantitative estimate of drug-likeness (QED) is 0.772. The van der Waals surface area contributed by atoms with Gasteiger partial charge in [-0.15, -0.1) is 0 Å². The molecule has 2 aromatic heterocycles. The van der Waals surface area contributed by atoms with E-state index in [-0.39, 0.29) is 18.8 Å². The number of aliphatic hydroxyl groups excluding tert-OH is 1. The van der Waals surface area contributed by atoms with Gasteiger partial charge in [-0.05, 0) is 26.2 Å². The number of hydrogen-bond acceptors (Lipinski definition) is 6. The zero-order valence-electron chi connectivity index (χ0n) is 12.8. The fraction of sp³-hybridized carbons (Fsp3) is 0.643. The van der Waals surface area contributed by atoms with Crippen molar-refractivity contribution in [3.63, 3.8) is 0 Å². The summed E-state index contributed by atoms with van der Waals surface area (Å²) in [4.78, 5) is 12.9. The zero-order chi connectivity index (χ0) is 15.2. The number of anilines is 1.